The van der Waals surface area contributed by atoms with E-state index in [9.17, 15) is 0 Å². The van der Waals surface area contributed by atoms with E-state index in [2.05, 4.69) is 12.6 Å². The predicted octanol–water partition coefficient (Wildman–Crippen LogP) is 3.04. The van der Waals surface area contributed by atoms with Gasteiger partial charge in [0.2, 0.25) is 0 Å². The van der Waals surface area contributed by atoms with Gasteiger partial charge in [0.25, 0.3) is 0 Å². The van der Waals surface area contributed by atoms with Crippen molar-refractivity contribution in [2.75, 3.05) is 25.6 Å². The third kappa shape index (κ3) is 4.73. The smallest absolute Gasteiger partial charge is 0.126 e. The quantitative estimate of drug-likeness (QED) is 0.581. The molecular formula is C13H18O2S. The fraction of sp³-hybridized carbons (Fsp3) is 0.385. The van der Waals surface area contributed by atoms with Gasteiger partial charge in [-0.1, -0.05) is 30.4 Å². The Kier molecular flexibility index (Phi) is 6.77. The number of allylic oxidation sites excluding steroid dienone is 1. The molecule has 0 N–H and O–H groups in total. The summed E-state index contributed by atoms with van der Waals surface area (Å²) < 4.78 is 10.9. The molecule has 0 bridgehead atoms. The normalized spacial score (nSPS) is 10.9. The lowest BCUT2D eigenvalue weighted by molar-refractivity contribution is 0.112. The number of para-hydroxylation sites is 1. The molecule has 0 aliphatic heterocycles. The van der Waals surface area contributed by atoms with Crippen molar-refractivity contribution in [3.05, 3.63) is 35.9 Å². The molecule has 1 aromatic carbocycles. The summed E-state index contributed by atoms with van der Waals surface area (Å²) in [5, 5.41) is 0. The van der Waals surface area contributed by atoms with Gasteiger partial charge in [0.15, 0.2) is 0 Å². The summed E-state index contributed by atoms with van der Waals surface area (Å²) in [6, 6.07) is 7.97. The van der Waals surface area contributed by atoms with Gasteiger partial charge in [-0.25, -0.2) is 0 Å². The molecule has 88 valence electrons. The van der Waals surface area contributed by atoms with Gasteiger partial charge in [0.05, 0.1) is 13.2 Å². The van der Waals surface area contributed by atoms with Gasteiger partial charge < -0.3 is 9.47 Å². The highest BCUT2D eigenvalue weighted by molar-refractivity contribution is 7.80. The Labute approximate surface area is 103 Å². The van der Waals surface area contributed by atoms with Crippen molar-refractivity contribution in [2.45, 2.75) is 6.92 Å². The van der Waals surface area contributed by atoms with E-state index in [1.54, 1.807) is 0 Å². The average molecular weight is 238 g/mol. The molecule has 0 fully saturated rings. The maximum Gasteiger partial charge on any atom is 0.126 e. The molecule has 0 aromatic heterocycles. The highest BCUT2D eigenvalue weighted by atomic mass is 32.1. The lowest BCUT2D eigenvalue weighted by atomic mass is 10.2. The minimum absolute atomic E-state index is 0.572. The van der Waals surface area contributed by atoms with Gasteiger partial charge in [-0.3, -0.25) is 0 Å². The molecule has 0 saturated heterocycles. The summed E-state index contributed by atoms with van der Waals surface area (Å²) in [5.41, 5.74) is 1.10. The monoisotopic (exact) mass is 238 g/mol. The Morgan fingerprint density at radius 2 is 2.00 bits per heavy atom. The highest BCUT2D eigenvalue weighted by Crippen LogP contribution is 2.19. The Balaban J connectivity index is 2.40. The van der Waals surface area contributed by atoms with Crippen molar-refractivity contribution in [2.24, 2.45) is 0 Å². The van der Waals surface area contributed by atoms with Crippen molar-refractivity contribution in [1.82, 2.24) is 0 Å². The second-order valence-electron chi connectivity index (χ2n) is 3.22. The highest BCUT2D eigenvalue weighted by Gasteiger charge is 1.98. The van der Waals surface area contributed by atoms with E-state index in [4.69, 9.17) is 9.47 Å². The van der Waals surface area contributed by atoms with Crippen molar-refractivity contribution in [3.8, 4) is 5.75 Å². The summed E-state index contributed by atoms with van der Waals surface area (Å²) in [6.07, 6.45) is 4.03. The van der Waals surface area contributed by atoms with Crippen LogP contribution >= 0.6 is 12.6 Å². The number of benzene rings is 1. The first-order chi connectivity index (χ1) is 7.88. The molecule has 16 heavy (non-hydrogen) atoms. The van der Waals surface area contributed by atoms with Gasteiger partial charge >= 0.3 is 0 Å². The molecule has 2 nitrogen and oxygen atoms in total. The molecule has 1 aromatic rings. The molecule has 0 saturated carbocycles. The molecular weight excluding hydrogens is 220 g/mol. The molecule has 1 rings (SSSR count). The van der Waals surface area contributed by atoms with E-state index in [1.165, 1.54) is 0 Å². The van der Waals surface area contributed by atoms with Crippen molar-refractivity contribution in [3.63, 3.8) is 0 Å². The fourth-order valence-electron chi connectivity index (χ4n) is 1.31. The van der Waals surface area contributed by atoms with Crippen LogP contribution in [0.15, 0.2) is 30.3 Å². The third-order valence-corrected chi connectivity index (χ3v) is 2.17. The number of thiol groups is 1. The summed E-state index contributed by atoms with van der Waals surface area (Å²) in [7, 11) is 0. The van der Waals surface area contributed by atoms with Crippen molar-refractivity contribution < 1.29 is 9.47 Å². The minimum atomic E-state index is 0.572. The van der Waals surface area contributed by atoms with Crippen LogP contribution < -0.4 is 4.74 Å². The summed E-state index contributed by atoms with van der Waals surface area (Å²) >= 11 is 4.06. The van der Waals surface area contributed by atoms with Crippen LogP contribution in [-0.2, 0) is 4.74 Å². The molecule has 0 unspecified atom stereocenters. The van der Waals surface area contributed by atoms with Crippen molar-refractivity contribution >= 4 is 18.7 Å². The Bertz CT molecular complexity index is 323. The molecule has 0 spiro atoms. The SMILES string of the molecule is CC=Cc1ccccc1OCCOCCS. The second kappa shape index (κ2) is 8.25. The van der Waals surface area contributed by atoms with E-state index in [0.717, 1.165) is 17.1 Å². The van der Waals surface area contributed by atoms with Crippen LogP contribution in [0.5, 0.6) is 5.75 Å². The lowest BCUT2D eigenvalue weighted by Gasteiger charge is -2.09. The van der Waals surface area contributed by atoms with Gasteiger partial charge in [-0.05, 0) is 13.0 Å². The standard InChI is InChI=1S/C13H18O2S/c1-2-5-12-6-3-4-7-13(12)15-9-8-14-10-11-16/h2-7,16H,8-11H2,1H3. The lowest BCUT2D eigenvalue weighted by Crippen LogP contribution is -2.08. The van der Waals surface area contributed by atoms with E-state index in [1.807, 2.05) is 43.3 Å². The summed E-state index contributed by atoms with van der Waals surface area (Å²) in [5.74, 6) is 1.64. The van der Waals surface area contributed by atoms with Gasteiger partial charge in [0, 0.05) is 11.3 Å². The largest absolute Gasteiger partial charge is 0.491 e. The molecule has 0 heterocycles. The predicted molar refractivity (Wildman–Crippen MR) is 71.3 cm³/mol. The molecule has 0 atom stereocenters. The van der Waals surface area contributed by atoms with Crippen LogP contribution in [0, 0.1) is 0 Å². The van der Waals surface area contributed by atoms with E-state index in [0.29, 0.717) is 19.8 Å². The van der Waals surface area contributed by atoms with Crippen LogP contribution in [0.2, 0.25) is 0 Å². The number of ether oxygens (including phenoxy) is 2. The zero-order chi connectivity index (χ0) is 11.6. The first-order valence-corrected chi connectivity index (χ1v) is 6.05. The maximum absolute atomic E-state index is 5.64. The minimum Gasteiger partial charge on any atom is -0.491 e. The third-order valence-electron chi connectivity index (χ3n) is 1.99. The van der Waals surface area contributed by atoms with Gasteiger partial charge in [0.1, 0.15) is 12.4 Å². The Morgan fingerprint density at radius 1 is 1.19 bits per heavy atom. The summed E-state index contributed by atoms with van der Waals surface area (Å²) in [6.45, 7) is 3.84. The zero-order valence-corrected chi connectivity index (χ0v) is 10.5. The molecule has 0 amide bonds. The average Bonchev–Trinajstić information content (AvgIpc) is 2.31. The molecule has 0 radical (unpaired) electrons. The van der Waals surface area contributed by atoms with E-state index in [-0.39, 0.29) is 0 Å². The first kappa shape index (κ1) is 13.1. The molecule has 0 aliphatic carbocycles. The molecule has 3 heteroatoms. The second-order valence-corrected chi connectivity index (χ2v) is 3.67. The van der Waals surface area contributed by atoms with Crippen LogP contribution in [0.3, 0.4) is 0 Å². The number of rotatable bonds is 7. The maximum atomic E-state index is 5.64. The summed E-state index contributed by atoms with van der Waals surface area (Å²) in [4.78, 5) is 0. The van der Waals surface area contributed by atoms with Crippen molar-refractivity contribution in [1.29, 1.82) is 0 Å². The van der Waals surface area contributed by atoms with E-state index >= 15 is 0 Å². The Hall–Kier alpha value is -0.930. The van der Waals surface area contributed by atoms with Crippen LogP contribution in [0.25, 0.3) is 6.08 Å². The van der Waals surface area contributed by atoms with Gasteiger partial charge in [-0.15, -0.1) is 0 Å². The number of hydrogen-bond donors (Lipinski definition) is 1. The molecule has 0 aliphatic rings. The zero-order valence-electron chi connectivity index (χ0n) is 9.56. The van der Waals surface area contributed by atoms with Gasteiger partial charge in [-0.2, -0.15) is 12.6 Å². The Morgan fingerprint density at radius 3 is 2.75 bits per heavy atom. The van der Waals surface area contributed by atoms with Crippen LogP contribution in [0.1, 0.15) is 12.5 Å². The van der Waals surface area contributed by atoms with Crippen LogP contribution in [-0.4, -0.2) is 25.6 Å². The fourth-order valence-corrected chi connectivity index (χ4v) is 1.44. The number of hydrogen-bond acceptors (Lipinski definition) is 3. The first-order valence-electron chi connectivity index (χ1n) is 5.41. The van der Waals surface area contributed by atoms with Crippen LogP contribution in [0.4, 0.5) is 0 Å². The van der Waals surface area contributed by atoms with E-state index < -0.39 is 0 Å². The topological polar surface area (TPSA) is 18.5 Å².